The molecule has 25 heavy (non-hydrogen) atoms. The molecule has 1 aromatic rings. The largest absolute Gasteiger partial charge is 0.369 e. The quantitative estimate of drug-likeness (QED) is 0.794. The summed E-state index contributed by atoms with van der Waals surface area (Å²) in [7, 11) is 0. The lowest BCUT2D eigenvalue weighted by atomic mass is 10.1. The monoisotopic (exact) mass is 341 g/mol. The van der Waals surface area contributed by atoms with Gasteiger partial charge in [0, 0.05) is 38.3 Å². The van der Waals surface area contributed by atoms with Crippen LogP contribution in [-0.4, -0.2) is 48.0 Å². The van der Waals surface area contributed by atoms with E-state index in [9.17, 15) is 4.79 Å². The summed E-state index contributed by atoms with van der Waals surface area (Å²) in [4.78, 5) is 18.6. The molecule has 134 valence electrons. The highest BCUT2D eigenvalue weighted by Crippen LogP contribution is 2.19. The minimum atomic E-state index is 0.195. The molecular weight excluding hydrogens is 314 g/mol. The van der Waals surface area contributed by atoms with E-state index in [2.05, 4.69) is 26.6 Å². The second-order valence-electron chi connectivity index (χ2n) is 7.15. The zero-order valence-corrected chi connectivity index (χ0v) is 14.7. The van der Waals surface area contributed by atoms with E-state index in [1.807, 2.05) is 0 Å². The maximum atomic E-state index is 12.0. The van der Waals surface area contributed by atoms with Crippen LogP contribution in [0.25, 0.3) is 0 Å². The number of nitriles is 1. The van der Waals surface area contributed by atoms with Crippen LogP contribution in [0.1, 0.15) is 44.1 Å². The molecule has 2 aliphatic rings. The van der Waals surface area contributed by atoms with Gasteiger partial charge < -0.3 is 15.5 Å². The van der Waals surface area contributed by atoms with Gasteiger partial charge >= 0.3 is 0 Å². The number of amides is 1. The van der Waals surface area contributed by atoms with Gasteiger partial charge in [-0.15, -0.1) is 0 Å². The SMILES string of the molecule is N#Cc1cccnc1NC[C@@H]1CCN(CCC(=O)NC2CCCC2)C1. The van der Waals surface area contributed by atoms with Gasteiger partial charge in [0.1, 0.15) is 11.9 Å². The third kappa shape index (κ3) is 5.17. The highest BCUT2D eigenvalue weighted by Gasteiger charge is 2.23. The Kier molecular flexibility index (Phi) is 6.24. The number of carbonyl (C=O) groups is 1. The fraction of sp³-hybridized carbons (Fsp3) is 0.632. The number of likely N-dealkylation sites (tertiary alicyclic amines) is 1. The third-order valence-corrected chi connectivity index (χ3v) is 5.23. The molecule has 6 heteroatoms. The van der Waals surface area contributed by atoms with E-state index in [-0.39, 0.29) is 5.91 Å². The number of carbonyl (C=O) groups excluding carboxylic acids is 1. The zero-order chi connectivity index (χ0) is 17.5. The van der Waals surface area contributed by atoms with Crippen LogP contribution >= 0.6 is 0 Å². The number of hydrogen-bond acceptors (Lipinski definition) is 5. The van der Waals surface area contributed by atoms with Gasteiger partial charge in [0.05, 0.1) is 5.56 Å². The van der Waals surface area contributed by atoms with Gasteiger partial charge in [-0.25, -0.2) is 4.98 Å². The van der Waals surface area contributed by atoms with Crippen LogP contribution in [0.15, 0.2) is 18.3 Å². The lowest BCUT2D eigenvalue weighted by molar-refractivity contribution is -0.122. The predicted molar refractivity (Wildman–Crippen MR) is 97.0 cm³/mol. The second kappa shape index (κ2) is 8.82. The van der Waals surface area contributed by atoms with Crippen molar-refractivity contribution in [3.8, 4) is 6.07 Å². The Balaban J connectivity index is 1.35. The molecular formula is C19H27N5O. The first-order chi connectivity index (χ1) is 12.2. The van der Waals surface area contributed by atoms with Crippen molar-refractivity contribution in [2.75, 3.05) is 31.5 Å². The van der Waals surface area contributed by atoms with E-state index in [0.717, 1.165) is 45.4 Å². The van der Waals surface area contributed by atoms with E-state index in [0.29, 0.717) is 29.8 Å². The summed E-state index contributed by atoms with van der Waals surface area (Å²) in [5.41, 5.74) is 0.584. The van der Waals surface area contributed by atoms with E-state index < -0.39 is 0 Å². The summed E-state index contributed by atoms with van der Waals surface area (Å²) in [5, 5.41) is 15.6. The van der Waals surface area contributed by atoms with E-state index in [1.54, 1.807) is 18.3 Å². The van der Waals surface area contributed by atoms with E-state index in [1.165, 1.54) is 12.8 Å². The van der Waals surface area contributed by atoms with Crippen molar-refractivity contribution in [2.24, 2.45) is 5.92 Å². The number of rotatable bonds is 7. The minimum Gasteiger partial charge on any atom is -0.369 e. The van der Waals surface area contributed by atoms with Crippen molar-refractivity contribution < 1.29 is 4.79 Å². The summed E-state index contributed by atoms with van der Waals surface area (Å²) in [6, 6.07) is 6.13. The summed E-state index contributed by atoms with van der Waals surface area (Å²) in [6.07, 6.45) is 8.18. The Bertz CT molecular complexity index is 620. The van der Waals surface area contributed by atoms with Crippen LogP contribution in [0.5, 0.6) is 0 Å². The van der Waals surface area contributed by atoms with Crippen molar-refractivity contribution >= 4 is 11.7 Å². The summed E-state index contributed by atoms with van der Waals surface area (Å²) >= 11 is 0. The topological polar surface area (TPSA) is 81.1 Å². The molecule has 1 atom stereocenters. The molecule has 0 spiro atoms. The van der Waals surface area contributed by atoms with Gasteiger partial charge in [-0.3, -0.25) is 4.79 Å². The molecule has 0 aromatic carbocycles. The molecule has 1 amide bonds. The van der Waals surface area contributed by atoms with E-state index >= 15 is 0 Å². The minimum absolute atomic E-state index is 0.195. The number of pyridine rings is 1. The zero-order valence-electron chi connectivity index (χ0n) is 14.7. The van der Waals surface area contributed by atoms with Crippen LogP contribution in [0.4, 0.5) is 5.82 Å². The second-order valence-corrected chi connectivity index (χ2v) is 7.15. The van der Waals surface area contributed by atoms with Crippen molar-refractivity contribution in [1.82, 2.24) is 15.2 Å². The van der Waals surface area contributed by atoms with E-state index in [4.69, 9.17) is 5.26 Å². The molecule has 0 unspecified atom stereocenters. The van der Waals surface area contributed by atoms with Crippen LogP contribution in [0, 0.1) is 17.2 Å². The average Bonchev–Trinajstić information content (AvgIpc) is 3.30. The van der Waals surface area contributed by atoms with Gasteiger partial charge in [0.2, 0.25) is 5.91 Å². The maximum absolute atomic E-state index is 12.0. The first kappa shape index (κ1) is 17.7. The molecule has 1 aliphatic carbocycles. The van der Waals surface area contributed by atoms with Gasteiger partial charge in [0.15, 0.2) is 0 Å². The van der Waals surface area contributed by atoms with Gasteiger partial charge in [0.25, 0.3) is 0 Å². The Morgan fingerprint density at radius 1 is 1.36 bits per heavy atom. The highest BCUT2D eigenvalue weighted by atomic mass is 16.1. The molecule has 1 saturated heterocycles. The molecule has 1 saturated carbocycles. The van der Waals surface area contributed by atoms with Crippen molar-refractivity contribution in [3.63, 3.8) is 0 Å². The molecule has 2 N–H and O–H groups in total. The van der Waals surface area contributed by atoms with Crippen LogP contribution < -0.4 is 10.6 Å². The first-order valence-electron chi connectivity index (χ1n) is 9.35. The number of anilines is 1. The fourth-order valence-electron chi connectivity index (χ4n) is 3.79. The lowest BCUT2D eigenvalue weighted by Crippen LogP contribution is -2.35. The smallest absolute Gasteiger partial charge is 0.221 e. The standard InChI is InChI=1S/C19H27N5O/c20-12-16-4-3-9-21-19(16)22-13-15-7-10-24(14-15)11-8-18(25)23-17-5-1-2-6-17/h3-4,9,15,17H,1-2,5-8,10-11,13-14H2,(H,21,22)(H,23,25)/t15-/m0/s1. The normalized spacial score (nSPS) is 21.2. The average molecular weight is 341 g/mol. The molecule has 2 heterocycles. The van der Waals surface area contributed by atoms with Crippen LogP contribution in [-0.2, 0) is 4.79 Å². The third-order valence-electron chi connectivity index (χ3n) is 5.23. The molecule has 2 fully saturated rings. The molecule has 1 aliphatic heterocycles. The Morgan fingerprint density at radius 3 is 3.00 bits per heavy atom. The fourth-order valence-corrected chi connectivity index (χ4v) is 3.79. The predicted octanol–water partition coefficient (Wildman–Crippen LogP) is 2.14. The molecule has 1 aromatic heterocycles. The van der Waals surface area contributed by atoms with Crippen molar-refractivity contribution in [2.45, 2.75) is 44.6 Å². The molecule has 0 radical (unpaired) electrons. The number of aromatic nitrogens is 1. The number of nitrogens with one attached hydrogen (secondary N) is 2. The van der Waals surface area contributed by atoms with Gasteiger partial charge in [-0.2, -0.15) is 5.26 Å². The Hall–Kier alpha value is -2.13. The van der Waals surface area contributed by atoms with Crippen molar-refractivity contribution in [3.05, 3.63) is 23.9 Å². The Morgan fingerprint density at radius 2 is 2.20 bits per heavy atom. The summed E-state index contributed by atoms with van der Waals surface area (Å²) in [5.74, 6) is 1.39. The van der Waals surface area contributed by atoms with Gasteiger partial charge in [-0.05, 0) is 43.9 Å². The maximum Gasteiger partial charge on any atom is 0.221 e. The summed E-state index contributed by atoms with van der Waals surface area (Å²) in [6.45, 7) is 3.69. The first-order valence-corrected chi connectivity index (χ1v) is 9.35. The molecule has 0 bridgehead atoms. The molecule has 3 rings (SSSR count). The Labute approximate surface area is 149 Å². The highest BCUT2D eigenvalue weighted by molar-refractivity contribution is 5.76. The summed E-state index contributed by atoms with van der Waals surface area (Å²) < 4.78 is 0. The van der Waals surface area contributed by atoms with Crippen LogP contribution in [0.2, 0.25) is 0 Å². The van der Waals surface area contributed by atoms with Crippen molar-refractivity contribution in [1.29, 1.82) is 5.26 Å². The van der Waals surface area contributed by atoms with Gasteiger partial charge in [-0.1, -0.05) is 12.8 Å². The number of hydrogen-bond donors (Lipinski definition) is 2. The number of nitrogens with zero attached hydrogens (tertiary/aromatic N) is 3. The lowest BCUT2D eigenvalue weighted by Gasteiger charge is -2.17. The molecule has 6 nitrogen and oxygen atoms in total. The van der Waals surface area contributed by atoms with Crippen LogP contribution in [0.3, 0.4) is 0 Å².